The number of alkyl halides is 3. The molecule has 0 saturated carbocycles. The van der Waals surface area contributed by atoms with Crippen molar-refractivity contribution in [1.29, 1.82) is 0 Å². The molecule has 1 N–H and O–H groups in total. The maximum atomic E-state index is 11.9. The zero-order chi connectivity index (χ0) is 13.9. The first-order valence-electron chi connectivity index (χ1n) is 4.44. The number of nitro groups is 1. The number of ether oxygens (including phenoxy) is 1. The van der Waals surface area contributed by atoms with Gasteiger partial charge in [-0.2, -0.15) is 0 Å². The lowest BCUT2D eigenvalue weighted by molar-refractivity contribution is -0.385. The third-order valence-corrected chi connectivity index (χ3v) is 1.82. The number of rotatable bonds is 4. The van der Waals surface area contributed by atoms with Gasteiger partial charge in [-0.1, -0.05) is 0 Å². The molecule has 1 rings (SSSR count). The molecule has 0 spiro atoms. The lowest BCUT2D eigenvalue weighted by Crippen LogP contribution is -2.17. The molecule has 1 aromatic rings. The second kappa shape index (κ2) is 4.90. The number of halogens is 3. The maximum Gasteiger partial charge on any atom is 0.573 e. The summed E-state index contributed by atoms with van der Waals surface area (Å²) in [5, 5.41) is 19.1. The molecule has 6 nitrogen and oxygen atoms in total. The Bertz CT molecular complexity index is 486. The van der Waals surface area contributed by atoms with Crippen LogP contribution >= 0.6 is 0 Å². The van der Waals surface area contributed by atoms with Crippen molar-refractivity contribution in [1.82, 2.24) is 0 Å². The van der Waals surface area contributed by atoms with Gasteiger partial charge in [0, 0.05) is 11.6 Å². The largest absolute Gasteiger partial charge is 0.573 e. The van der Waals surface area contributed by atoms with Gasteiger partial charge in [-0.05, 0) is 12.1 Å². The van der Waals surface area contributed by atoms with E-state index < -0.39 is 35.1 Å². The van der Waals surface area contributed by atoms with Gasteiger partial charge in [0.2, 0.25) is 0 Å². The summed E-state index contributed by atoms with van der Waals surface area (Å²) < 4.78 is 39.3. The van der Waals surface area contributed by atoms with E-state index >= 15 is 0 Å². The molecule has 0 unspecified atom stereocenters. The number of carboxylic acids is 1. The normalized spacial score (nSPS) is 11.1. The summed E-state index contributed by atoms with van der Waals surface area (Å²) in [6.07, 6.45) is -5.72. The average molecular weight is 265 g/mol. The first-order valence-corrected chi connectivity index (χ1v) is 4.44. The molecule has 18 heavy (non-hydrogen) atoms. The Kier molecular flexibility index (Phi) is 3.74. The summed E-state index contributed by atoms with van der Waals surface area (Å²) in [5.41, 5.74) is -0.943. The fourth-order valence-electron chi connectivity index (χ4n) is 1.24. The Morgan fingerprint density at radius 3 is 2.50 bits per heavy atom. The topological polar surface area (TPSA) is 89.7 Å². The van der Waals surface area contributed by atoms with E-state index in [0.29, 0.717) is 6.07 Å². The van der Waals surface area contributed by atoms with Crippen molar-refractivity contribution in [2.24, 2.45) is 0 Å². The van der Waals surface area contributed by atoms with Gasteiger partial charge in [-0.15, -0.1) is 13.2 Å². The molecule has 0 atom stereocenters. The molecule has 1 aromatic carbocycles. The van der Waals surface area contributed by atoms with Crippen molar-refractivity contribution in [3.63, 3.8) is 0 Å². The number of carbonyl (C=O) groups is 1. The van der Waals surface area contributed by atoms with E-state index in [4.69, 9.17) is 5.11 Å². The lowest BCUT2D eigenvalue weighted by Gasteiger charge is -2.09. The highest BCUT2D eigenvalue weighted by atomic mass is 19.4. The van der Waals surface area contributed by atoms with E-state index in [2.05, 4.69) is 4.74 Å². The second-order valence-corrected chi connectivity index (χ2v) is 3.17. The Balaban J connectivity index is 3.12. The monoisotopic (exact) mass is 265 g/mol. The SMILES string of the molecule is O=C(O)Cc1cc(OC(F)(F)F)ccc1[N+](=O)[O-]. The van der Waals surface area contributed by atoms with E-state index in [9.17, 15) is 28.1 Å². The average Bonchev–Trinajstić information content (AvgIpc) is 2.13. The quantitative estimate of drug-likeness (QED) is 0.665. The van der Waals surface area contributed by atoms with Gasteiger partial charge in [0.05, 0.1) is 11.3 Å². The third-order valence-electron chi connectivity index (χ3n) is 1.82. The Labute approximate surface area is 97.7 Å². The van der Waals surface area contributed by atoms with Crippen LogP contribution in [0.15, 0.2) is 18.2 Å². The van der Waals surface area contributed by atoms with Crippen LogP contribution in [0.2, 0.25) is 0 Å². The first kappa shape index (κ1) is 13.7. The molecule has 0 bridgehead atoms. The Hall–Kier alpha value is -2.32. The molecule has 98 valence electrons. The highest BCUT2D eigenvalue weighted by Gasteiger charge is 2.31. The molecule has 0 aliphatic carbocycles. The number of hydrogen-bond donors (Lipinski definition) is 1. The van der Waals surface area contributed by atoms with Crippen LogP contribution in [0.3, 0.4) is 0 Å². The highest BCUT2D eigenvalue weighted by Crippen LogP contribution is 2.28. The molecular weight excluding hydrogens is 259 g/mol. The summed E-state index contributed by atoms with van der Waals surface area (Å²) in [5.74, 6) is -2.10. The first-order chi connectivity index (χ1) is 8.19. The minimum absolute atomic E-state index is 0.366. The standard InChI is InChI=1S/C9H6F3NO5/c10-9(11,12)18-6-1-2-7(13(16)17)5(3-6)4-8(14)15/h1-3H,4H2,(H,14,15). The lowest BCUT2D eigenvalue weighted by atomic mass is 10.1. The molecule has 0 radical (unpaired) electrons. The maximum absolute atomic E-state index is 11.9. The predicted molar refractivity (Wildman–Crippen MR) is 51.1 cm³/mol. The summed E-state index contributed by atoms with van der Waals surface area (Å²) in [7, 11) is 0. The summed E-state index contributed by atoms with van der Waals surface area (Å²) in [6.45, 7) is 0. The van der Waals surface area contributed by atoms with Crippen molar-refractivity contribution in [2.75, 3.05) is 0 Å². The van der Waals surface area contributed by atoms with Gasteiger partial charge in [0.25, 0.3) is 5.69 Å². The van der Waals surface area contributed by atoms with Crippen LogP contribution in [0.5, 0.6) is 5.75 Å². The number of carboxylic acid groups (broad SMARTS) is 1. The highest BCUT2D eigenvalue weighted by molar-refractivity contribution is 5.72. The number of nitro benzene ring substituents is 1. The Morgan fingerprint density at radius 2 is 2.06 bits per heavy atom. The van der Waals surface area contributed by atoms with E-state index in [-0.39, 0.29) is 5.56 Å². The van der Waals surface area contributed by atoms with Gasteiger partial charge in [-0.25, -0.2) is 0 Å². The summed E-state index contributed by atoms with van der Waals surface area (Å²) in [6, 6.07) is 2.19. The van der Waals surface area contributed by atoms with Crippen LogP contribution in [0.1, 0.15) is 5.56 Å². The molecule has 0 heterocycles. The fraction of sp³-hybridized carbons (Fsp3) is 0.222. The van der Waals surface area contributed by atoms with Gasteiger partial charge < -0.3 is 9.84 Å². The molecule has 0 saturated heterocycles. The molecule has 0 aliphatic heterocycles. The summed E-state index contributed by atoms with van der Waals surface area (Å²) >= 11 is 0. The van der Waals surface area contributed by atoms with Crippen LogP contribution in [0, 0.1) is 10.1 Å². The fourth-order valence-corrected chi connectivity index (χ4v) is 1.24. The van der Waals surface area contributed by atoms with Crippen molar-refractivity contribution >= 4 is 11.7 Å². The van der Waals surface area contributed by atoms with Gasteiger partial charge >= 0.3 is 12.3 Å². The second-order valence-electron chi connectivity index (χ2n) is 3.17. The molecule has 0 amide bonds. The molecular formula is C9H6F3NO5. The number of nitrogens with zero attached hydrogens (tertiary/aromatic N) is 1. The molecule has 9 heteroatoms. The van der Waals surface area contributed by atoms with Gasteiger partial charge in [-0.3, -0.25) is 14.9 Å². The molecule has 0 aromatic heterocycles. The van der Waals surface area contributed by atoms with E-state index in [1.165, 1.54) is 0 Å². The van der Waals surface area contributed by atoms with Gasteiger partial charge in [0.1, 0.15) is 5.75 Å². The molecule has 0 aliphatic rings. The Morgan fingerprint density at radius 1 is 1.44 bits per heavy atom. The number of aliphatic carboxylic acids is 1. The molecule has 0 fully saturated rings. The van der Waals surface area contributed by atoms with Crippen molar-refractivity contribution < 1.29 is 32.7 Å². The smallest absolute Gasteiger partial charge is 0.481 e. The number of hydrogen-bond acceptors (Lipinski definition) is 4. The van der Waals surface area contributed by atoms with E-state index in [1.54, 1.807) is 0 Å². The van der Waals surface area contributed by atoms with Crippen LogP contribution < -0.4 is 4.74 Å². The van der Waals surface area contributed by atoms with E-state index in [1.807, 2.05) is 0 Å². The minimum Gasteiger partial charge on any atom is -0.481 e. The van der Waals surface area contributed by atoms with Crippen LogP contribution in [0.4, 0.5) is 18.9 Å². The zero-order valence-electron chi connectivity index (χ0n) is 8.60. The van der Waals surface area contributed by atoms with E-state index in [0.717, 1.165) is 12.1 Å². The van der Waals surface area contributed by atoms with Gasteiger partial charge in [0.15, 0.2) is 0 Å². The van der Waals surface area contributed by atoms with Crippen LogP contribution in [-0.2, 0) is 11.2 Å². The van der Waals surface area contributed by atoms with Crippen molar-refractivity contribution in [2.45, 2.75) is 12.8 Å². The van der Waals surface area contributed by atoms with Crippen molar-refractivity contribution in [3.8, 4) is 5.75 Å². The zero-order valence-corrected chi connectivity index (χ0v) is 8.60. The number of benzene rings is 1. The van der Waals surface area contributed by atoms with Crippen molar-refractivity contribution in [3.05, 3.63) is 33.9 Å². The van der Waals surface area contributed by atoms with Crippen LogP contribution in [-0.4, -0.2) is 22.4 Å². The predicted octanol–water partition coefficient (Wildman–Crippen LogP) is 2.12. The summed E-state index contributed by atoms with van der Waals surface area (Å²) in [4.78, 5) is 20.1. The third kappa shape index (κ3) is 3.92. The minimum atomic E-state index is -4.95. The van der Waals surface area contributed by atoms with Crippen LogP contribution in [0.25, 0.3) is 0 Å².